The van der Waals surface area contributed by atoms with Crippen molar-refractivity contribution in [3.8, 4) is 0 Å². The van der Waals surface area contributed by atoms with Crippen LogP contribution in [-0.2, 0) is 22.6 Å². The Morgan fingerprint density at radius 2 is 1.61 bits per heavy atom. The topological polar surface area (TPSA) is 40.6 Å². The van der Waals surface area contributed by atoms with Gasteiger partial charge in [0, 0.05) is 18.0 Å². The third-order valence-electron chi connectivity index (χ3n) is 5.71. The third-order valence-corrected chi connectivity index (χ3v) is 6.78. The SMILES string of the molecule is O=C(CN1C(=O)/C(=C/c2ccccc2)Sc2ccccc21)N1CCc2ccccc2C1. The van der Waals surface area contributed by atoms with E-state index in [0.717, 1.165) is 22.6 Å². The number of hydrogen-bond donors (Lipinski definition) is 0. The van der Waals surface area contributed by atoms with E-state index in [1.54, 1.807) is 4.90 Å². The van der Waals surface area contributed by atoms with Crippen molar-refractivity contribution in [3.63, 3.8) is 0 Å². The summed E-state index contributed by atoms with van der Waals surface area (Å²) in [5.74, 6) is -0.151. The quantitative estimate of drug-likeness (QED) is 0.568. The van der Waals surface area contributed by atoms with Crippen molar-refractivity contribution in [1.82, 2.24) is 4.90 Å². The second-order valence-corrected chi connectivity index (χ2v) is 8.80. The summed E-state index contributed by atoms with van der Waals surface area (Å²) in [5, 5.41) is 0. The lowest BCUT2D eigenvalue weighted by atomic mass is 10.00. The van der Waals surface area contributed by atoms with Crippen LogP contribution in [0.1, 0.15) is 16.7 Å². The minimum Gasteiger partial charge on any atom is -0.336 e. The Labute approximate surface area is 186 Å². The monoisotopic (exact) mass is 426 g/mol. The van der Waals surface area contributed by atoms with Crippen LogP contribution in [0.25, 0.3) is 6.08 Å². The number of rotatable bonds is 3. The van der Waals surface area contributed by atoms with Crippen molar-refractivity contribution in [2.24, 2.45) is 0 Å². The van der Waals surface area contributed by atoms with Crippen LogP contribution in [0.2, 0.25) is 0 Å². The summed E-state index contributed by atoms with van der Waals surface area (Å²) in [6.45, 7) is 1.33. The first kappa shape index (κ1) is 19.6. The number of benzene rings is 3. The molecule has 0 saturated heterocycles. The van der Waals surface area contributed by atoms with Gasteiger partial charge in [-0.25, -0.2) is 0 Å². The summed E-state index contributed by atoms with van der Waals surface area (Å²) in [5.41, 5.74) is 4.26. The minimum atomic E-state index is -0.127. The number of thioether (sulfide) groups is 1. The molecule has 5 heteroatoms. The average Bonchev–Trinajstić information content (AvgIpc) is 2.82. The van der Waals surface area contributed by atoms with Gasteiger partial charge in [-0.3, -0.25) is 14.5 Å². The standard InChI is InChI=1S/C26H22N2O2S/c29-25(27-15-14-20-10-4-5-11-21(20)17-27)18-28-22-12-6-7-13-23(22)31-24(26(28)30)16-19-8-2-1-3-9-19/h1-13,16H,14-15,17-18H2/b24-16-. The predicted octanol–water partition coefficient (Wildman–Crippen LogP) is 4.75. The molecule has 0 aliphatic carbocycles. The smallest absolute Gasteiger partial charge is 0.265 e. The summed E-state index contributed by atoms with van der Waals surface area (Å²) in [7, 11) is 0. The summed E-state index contributed by atoms with van der Waals surface area (Å²) < 4.78 is 0. The Morgan fingerprint density at radius 1 is 0.903 bits per heavy atom. The fraction of sp³-hybridized carbons (Fsp3) is 0.154. The van der Waals surface area contributed by atoms with E-state index in [2.05, 4.69) is 12.1 Å². The van der Waals surface area contributed by atoms with Crippen LogP contribution < -0.4 is 4.90 Å². The second kappa shape index (κ2) is 8.44. The van der Waals surface area contributed by atoms with Crippen LogP contribution in [0.15, 0.2) is 88.7 Å². The fourth-order valence-corrected chi connectivity index (χ4v) is 5.12. The molecule has 2 amide bonds. The lowest BCUT2D eigenvalue weighted by Crippen LogP contribution is -2.45. The Balaban J connectivity index is 1.41. The largest absolute Gasteiger partial charge is 0.336 e. The maximum absolute atomic E-state index is 13.4. The highest BCUT2D eigenvalue weighted by molar-refractivity contribution is 8.04. The molecule has 0 aromatic heterocycles. The maximum atomic E-state index is 13.4. The number of fused-ring (bicyclic) bond motifs is 2. The number of carbonyl (C=O) groups excluding carboxylic acids is 2. The third kappa shape index (κ3) is 4.01. The van der Waals surface area contributed by atoms with Crippen LogP contribution in [0, 0.1) is 0 Å². The van der Waals surface area contributed by atoms with Crippen molar-refractivity contribution >= 4 is 35.3 Å². The molecule has 0 N–H and O–H groups in total. The summed E-state index contributed by atoms with van der Waals surface area (Å²) in [6, 6.07) is 25.8. The van der Waals surface area contributed by atoms with Gasteiger partial charge < -0.3 is 4.90 Å². The van der Waals surface area contributed by atoms with E-state index in [4.69, 9.17) is 0 Å². The molecule has 2 aliphatic rings. The highest BCUT2D eigenvalue weighted by Gasteiger charge is 2.32. The highest BCUT2D eigenvalue weighted by atomic mass is 32.2. The fourth-order valence-electron chi connectivity index (χ4n) is 4.06. The van der Waals surface area contributed by atoms with E-state index in [0.29, 0.717) is 18.0 Å². The Morgan fingerprint density at radius 3 is 2.45 bits per heavy atom. The molecule has 2 heterocycles. The van der Waals surface area contributed by atoms with E-state index >= 15 is 0 Å². The zero-order valence-electron chi connectivity index (χ0n) is 17.0. The lowest BCUT2D eigenvalue weighted by Gasteiger charge is -2.34. The normalized spacial score (nSPS) is 16.8. The molecule has 31 heavy (non-hydrogen) atoms. The van der Waals surface area contributed by atoms with Crippen molar-refractivity contribution in [2.75, 3.05) is 18.0 Å². The number of hydrogen-bond acceptors (Lipinski definition) is 3. The zero-order valence-corrected chi connectivity index (χ0v) is 17.8. The molecule has 154 valence electrons. The molecule has 0 unspecified atom stereocenters. The van der Waals surface area contributed by atoms with Crippen LogP contribution in [0.5, 0.6) is 0 Å². The van der Waals surface area contributed by atoms with Gasteiger partial charge in [0.25, 0.3) is 5.91 Å². The first-order valence-electron chi connectivity index (χ1n) is 10.4. The van der Waals surface area contributed by atoms with E-state index in [-0.39, 0.29) is 18.4 Å². The molecule has 4 nitrogen and oxygen atoms in total. The van der Waals surface area contributed by atoms with Gasteiger partial charge in [0.05, 0.1) is 10.6 Å². The Kier molecular flexibility index (Phi) is 5.35. The minimum absolute atomic E-state index is 0.0244. The van der Waals surface area contributed by atoms with E-state index in [1.165, 1.54) is 22.9 Å². The van der Waals surface area contributed by atoms with Gasteiger partial charge in [-0.15, -0.1) is 0 Å². The molecule has 0 spiro atoms. The molecule has 3 aromatic rings. The number of anilines is 1. The number of nitrogens with zero attached hydrogens (tertiary/aromatic N) is 2. The van der Waals surface area contributed by atoms with Crippen molar-refractivity contribution in [2.45, 2.75) is 17.9 Å². The van der Waals surface area contributed by atoms with Crippen LogP contribution in [0.4, 0.5) is 5.69 Å². The molecular formula is C26H22N2O2S. The molecule has 0 bridgehead atoms. The van der Waals surface area contributed by atoms with E-state index < -0.39 is 0 Å². The van der Waals surface area contributed by atoms with Crippen molar-refractivity contribution in [1.29, 1.82) is 0 Å². The highest BCUT2D eigenvalue weighted by Crippen LogP contribution is 2.42. The first-order chi connectivity index (χ1) is 15.2. The molecule has 2 aliphatic heterocycles. The van der Waals surface area contributed by atoms with Crippen LogP contribution >= 0.6 is 11.8 Å². The molecule has 0 radical (unpaired) electrons. The lowest BCUT2D eigenvalue weighted by molar-refractivity contribution is -0.131. The summed E-state index contributed by atoms with van der Waals surface area (Å²) in [6.07, 6.45) is 2.75. The number of carbonyl (C=O) groups is 2. The van der Waals surface area contributed by atoms with Gasteiger partial charge in [-0.2, -0.15) is 0 Å². The molecule has 0 saturated carbocycles. The van der Waals surface area contributed by atoms with E-state index in [9.17, 15) is 9.59 Å². The van der Waals surface area contributed by atoms with Gasteiger partial charge in [0.15, 0.2) is 0 Å². The number of amides is 2. The second-order valence-electron chi connectivity index (χ2n) is 7.71. The van der Waals surface area contributed by atoms with Gasteiger partial charge >= 0.3 is 0 Å². The van der Waals surface area contributed by atoms with E-state index in [1.807, 2.05) is 77.7 Å². The molecule has 3 aromatic carbocycles. The van der Waals surface area contributed by atoms with Gasteiger partial charge in [0.2, 0.25) is 5.91 Å². The summed E-state index contributed by atoms with van der Waals surface area (Å²) >= 11 is 1.46. The first-order valence-corrected chi connectivity index (χ1v) is 11.2. The molecule has 0 fully saturated rings. The van der Waals surface area contributed by atoms with Crippen molar-refractivity contribution < 1.29 is 9.59 Å². The summed E-state index contributed by atoms with van der Waals surface area (Å²) in [4.78, 5) is 31.7. The molecule has 0 atom stereocenters. The van der Waals surface area contributed by atoms with Gasteiger partial charge in [0.1, 0.15) is 6.54 Å². The Hall–Kier alpha value is -3.31. The van der Waals surface area contributed by atoms with Crippen LogP contribution in [0.3, 0.4) is 0 Å². The predicted molar refractivity (Wildman–Crippen MR) is 125 cm³/mol. The van der Waals surface area contributed by atoms with Crippen molar-refractivity contribution in [3.05, 3.63) is 100 Å². The van der Waals surface area contributed by atoms with Gasteiger partial charge in [-0.1, -0.05) is 78.5 Å². The van der Waals surface area contributed by atoms with Crippen LogP contribution in [-0.4, -0.2) is 29.8 Å². The molecular weight excluding hydrogens is 404 g/mol. The Bertz CT molecular complexity index is 1170. The number of para-hydroxylation sites is 1. The maximum Gasteiger partial charge on any atom is 0.265 e. The average molecular weight is 427 g/mol. The zero-order chi connectivity index (χ0) is 21.2. The van der Waals surface area contributed by atoms with Gasteiger partial charge in [-0.05, 0) is 41.3 Å². The molecule has 5 rings (SSSR count).